The fraction of sp³-hybridized carbons (Fsp3) is 0.227. The van der Waals surface area contributed by atoms with Crippen LogP contribution in [0.15, 0.2) is 47.4 Å². The van der Waals surface area contributed by atoms with Gasteiger partial charge in [-0.1, -0.05) is 49.5 Å². The second-order valence-corrected chi connectivity index (χ2v) is 13.2. The van der Waals surface area contributed by atoms with Gasteiger partial charge in [0.15, 0.2) is 0 Å². The topological polar surface area (TPSA) is 0 Å². The number of rotatable bonds is 2. The Hall–Kier alpha value is -1.42. The Morgan fingerprint density at radius 2 is 1.92 bits per heavy atom. The van der Waals surface area contributed by atoms with E-state index in [0.717, 1.165) is 0 Å². The molecule has 1 aromatic heterocycles. The van der Waals surface area contributed by atoms with Gasteiger partial charge in [0.25, 0.3) is 0 Å². The highest BCUT2D eigenvalue weighted by Crippen LogP contribution is 2.53. The molecular weight excluding hydrogens is 356 g/mol. The van der Waals surface area contributed by atoms with E-state index in [1.54, 1.807) is 25.1 Å². The molecule has 0 saturated heterocycles. The number of benzene rings is 1. The molecule has 2 atom stereocenters. The van der Waals surface area contributed by atoms with Crippen LogP contribution in [0.2, 0.25) is 13.1 Å². The van der Waals surface area contributed by atoms with Gasteiger partial charge in [-0.25, -0.2) is 0 Å². The average molecular weight is 378 g/mol. The summed E-state index contributed by atoms with van der Waals surface area (Å²) < 4.78 is 1.58. The summed E-state index contributed by atoms with van der Waals surface area (Å²) in [5.41, 5.74) is 4.46. The number of thiophene rings is 1. The van der Waals surface area contributed by atoms with Crippen molar-refractivity contribution in [1.82, 2.24) is 0 Å². The summed E-state index contributed by atoms with van der Waals surface area (Å²) in [7, 11) is -0.333. The summed E-state index contributed by atoms with van der Waals surface area (Å²) >= 11 is 2.01. The smallest absolute Gasteiger partial charge is 0.0826 e. The lowest BCUT2D eigenvalue weighted by Gasteiger charge is -2.20. The van der Waals surface area contributed by atoms with E-state index in [9.17, 15) is 0 Å². The molecule has 1 radical (unpaired) electrons. The first-order valence-electron chi connectivity index (χ1n) is 8.78. The maximum atomic E-state index is 2.50. The average Bonchev–Trinajstić information content (AvgIpc) is 3.28. The third-order valence-electron chi connectivity index (χ3n) is 5.27. The van der Waals surface area contributed by atoms with Crippen molar-refractivity contribution in [2.24, 2.45) is 0 Å². The zero-order chi connectivity index (χ0) is 17.3. The van der Waals surface area contributed by atoms with Crippen LogP contribution < -0.4 is 9.75 Å². The van der Waals surface area contributed by atoms with Crippen molar-refractivity contribution in [2.45, 2.75) is 32.2 Å². The lowest BCUT2D eigenvalue weighted by Crippen LogP contribution is -2.22. The fourth-order valence-corrected chi connectivity index (χ4v) is 10.8. The maximum absolute atomic E-state index is 2.50. The van der Waals surface area contributed by atoms with Crippen molar-refractivity contribution >= 4 is 52.3 Å². The Morgan fingerprint density at radius 3 is 2.72 bits per heavy atom. The van der Waals surface area contributed by atoms with Crippen LogP contribution in [0, 0.1) is 6.92 Å². The third kappa shape index (κ3) is 2.16. The molecule has 125 valence electrons. The van der Waals surface area contributed by atoms with Crippen LogP contribution in [0.5, 0.6) is 0 Å². The van der Waals surface area contributed by atoms with Gasteiger partial charge in [0, 0.05) is 24.7 Å². The quantitative estimate of drug-likeness (QED) is 0.521. The van der Waals surface area contributed by atoms with Gasteiger partial charge in [0.2, 0.25) is 0 Å². The zero-order valence-electron chi connectivity index (χ0n) is 15.0. The molecule has 2 aromatic rings. The van der Waals surface area contributed by atoms with Crippen LogP contribution in [-0.4, -0.2) is 13.7 Å². The van der Waals surface area contributed by atoms with Crippen LogP contribution in [0.3, 0.4) is 0 Å². The Kier molecular flexibility index (Phi) is 3.50. The van der Waals surface area contributed by atoms with Crippen LogP contribution in [0.25, 0.3) is 16.8 Å². The fourth-order valence-electron chi connectivity index (χ4n) is 4.26. The summed E-state index contributed by atoms with van der Waals surface area (Å²) in [6.45, 7) is 9.52. The summed E-state index contributed by atoms with van der Waals surface area (Å²) in [5.74, 6) is 0. The highest BCUT2D eigenvalue weighted by Gasteiger charge is 2.34. The summed E-state index contributed by atoms with van der Waals surface area (Å²) in [5, 5.41) is 3.75. The molecule has 0 N–H and O–H groups in total. The lowest BCUT2D eigenvalue weighted by atomic mass is 10.1. The van der Waals surface area contributed by atoms with E-state index >= 15 is 0 Å². The van der Waals surface area contributed by atoms with Crippen molar-refractivity contribution in [3.05, 3.63) is 73.1 Å². The standard InChI is InChI=1S/C22H21S2Si/c1-13-11-17-18-12-14(2)24(21(18)22(25(3)4)20(17)23-13)19-10-9-15-7-5-6-8-16(15)19/h5-12,19H,1-4H3. The summed E-state index contributed by atoms with van der Waals surface area (Å²) in [4.78, 5) is 4.69. The van der Waals surface area contributed by atoms with Crippen molar-refractivity contribution < 1.29 is 0 Å². The number of aryl methyl sites for hydroxylation is 1. The normalized spacial score (nSPS) is 23.4. The first-order valence-corrected chi connectivity index (χ1v) is 13.4. The highest BCUT2D eigenvalue weighted by molar-refractivity contribution is 8.21. The van der Waals surface area contributed by atoms with Gasteiger partial charge in [0.05, 0.1) is 8.80 Å². The van der Waals surface area contributed by atoms with Crippen molar-refractivity contribution in [2.75, 3.05) is 0 Å². The van der Waals surface area contributed by atoms with Crippen molar-refractivity contribution in [3.63, 3.8) is 0 Å². The molecule has 3 heteroatoms. The summed E-state index contributed by atoms with van der Waals surface area (Å²) in [6, 6.07) is 11.4. The molecule has 1 aromatic carbocycles. The number of fused-ring (bicyclic) bond motifs is 3. The molecule has 0 saturated carbocycles. The van der Waals surface area contributed by atoms with Crippen LogP contribution >= 0.6 is 21.8 Å². The first kappa shape index (κ1) is 15.8. The van der Waals surface area contributed by atoms with Crippen LogP contribution in [-0.2, 0) is 0 Å². The van der Waals surface area contributed by atoms with E-state index in [1.165, 1.54) is 21.2 Å². The third-order valence-corrected chi connectivity index (χ3v) is 10.8. The van der Waals surface area contributed by atoms with Crippen LogP contribution in [0.1, 0.15) is 28.2 Å². The largest absolute Gasteiger partial charge is 0.141 e. The minimum absolute atomic E-state index is 0.173. The second kappa shape index (κ2) is 5.54. The predicted octanol–water partition coefficient (Wildman–Crippen LogP) is 4.79. The SMILES string of the molecule is CC1=CC2=c3cc(C)sc3=C([Si](C)C)C2=S1C1C=Cc2ccccc21. The molecule has 3 aliphatic rings. The molecule has 5 rings (SSSR count). The molecule has 1 aliphatic heterocycles. The zero-order valence-corrected chi connectivity index (χ0v) is 17.6. The molecule has 0 spiro atoms. The molecule has 25 heavy (non-hydrogen) atoms. The van der Waals surface area contributed by atoms with Gasteiger partial charge < -0.3 is 0 Å². The highest BCUT2D eigenvalue weighted by atomic mass is 32.2. The summed E-state index contributed by atoms with van der Waals surface area (Å²) in [6.07, 6.45) is 7.28. The van der Waals surface area contributed by atoms with E-state index in [2.05, 4.69) is 75.5 Å². The van der Waals surface area contributed by atoms with E-state index < -0.39 is 8.80 Å². The molecule has 0 amide bonds. The minimum atomic E-state index is -0.506. The van der Waals surface area contributed by atoms with Gasteiger partial charge in [0.1, 0.15) is 0 Å². The molecule has 2 unspecified atom stereocenters. The van der Waals surface area contributed by atoms with E-state index in [-0.39, 0.29) is 10.5 Å². The maximum Gasteiger partial charge on any atom is 0.0826 e. The molecule has 2 heterocycles. The number of allylic oxidation sites excluding steroid dienone is 2. The number of hydrogen-bond donors (Lipinski definition) is 0. The van der Waals surface area contributed by atoms with Crippen molar-refractivity contribution in [3.8, 4) is 0 Å². The minimum Gasteiger partial charge on any atom is -0.141 e. The lowest BCUT2D eigenvalue weighted by molar-refractivity contribution is 1.27. The van der Waals surface area contributed by atoms with E-state index in [1.807, 2.05) is 11.3 Å². The molecule has 2 aliphatic carbocycles. The molecule has 0 fully saturated rings. The predicted molar refractivity (Wildman–Crippen MR) is 117 cm³/mol. The Labute approximate surface area is 157 Å². The van der Waals surface area contributed by atoms with E-state index in [4.69, 9.17) is 0 Å². The van der Waals surface area contributed by atoms with Gasteiger partial charge in [-0.2, -0.15) is 0 Å². The number of hydrogen-bond acceptors (Lipinski definition) is 1. The second-order valence-electron chi connectivity index (χ2n) is 7.22. The van der Waals surface area contributed by atoms with Gasteiger partial charge in [-0.05, 0) is 52.8 Å². The Bertz CT molecular complexity index is 1140. The molecule has 0 bridgehead atoms. The van der Waals surface area contributed by atoms with Crippen molar-refractivity contribution in [1.29, 1.82) is 0 Å². The van der Waals surface area contributed by atoms with E-state index in [0.29, 0.717) is 5.25 Å². The monoisotopic (exact) mass is 377 g/mol. The molecular formula is C22H21S2Si. The molecule has 0 nitrogen and oxygen atoms in total. The van der Waals surface area contributed by atoms with Crippen LogP contribution in [0.4, 0.5) is 0 Å². The van der Waals surface area contributed by atoms with Gasteiger partial charge in [-0.15, -0.1) is 21.8 Å². The Morgan fingerprint density at radius 1 is 1.12 bits per heavy atom. The van der Waals surface area contributed by atoms with Gasteiger partial charge >= 0.3 is 0 Å². The first-order chi connectivity index (χ1) is 12.1. The Balaban J connectivity index is 1.82. The van der Waals surface area contributed by atoms with Gasteiger partial charge in [-0.3, -0.25) is 0 Å².